The van der Waals surface area contributed by atoms with Crippen LogP contribution < -0.4 is 5.32 Å². The van der Waals surface area contributed by atoms with E-state index in [0.717, 1.165) is 31.1 Å². The van der Waals surface area contributed by atoms with Crippen LogP contribution in [0.3, 0.4) is 0 Å². The van der Waals surface area contributed by atoms with Crippen molar-refractivity contribution >= 4 is 18.1 Å². The maximum Gasteiger partial charge on any atom is 0.246 e. The highest BCUT2D eigenvalue weighted by molar-refractivity contribution is 5.89. The molecule has 0 bridgehead atoms. The Morgan fingerprint density at radius 3 is 2.34 bits per heavy atom. The molecule has 1 aliphatic heterocycles. The Labute approximate surface area is 172 Å². The number of hydrogen-bond donors (Lipinski definition) is 1. The highest BCUT2D eigenvalue weighted by atomic mass is 16.2. The van der Waals surface area contributed by atoms with Crippen LogP contribution in [0.2, 0.25) is 0 Å². The molecule has 1 heterocycles. The van der Waals surface area contributed by atoms with Crippen LogP contribution in [-0.4, -0.2) is 41.6 Å². The molecule has 2 amide bonds. The standard InChI is InChI=1S/C24H28N2O3/c27-18-21-14-8-16-26(21)24(29)22(17-20-11-5-2-6-12-20)25-23(28)15-7-13-19-9-3-1-4-10-19/h1-6,9-12,18,21-22H,7-8,13-17H2,(H,25,28)/t21-,22-/m0/s1. The van der Waals surface area contributed by atoms with Crippen LogP contribution in [0.25, 0.3) is 0 Å². The van der Waals surface area contributed by atoms with Crippen LogP contribution >= 0.6 is 0 Å². The number of hydrogen-bond acceptors (Lipinski definition) is 3. The zero-order valence-electron chi connectivity index (χ0n) is 16.6. The summed E-state index contributed by atoms with van der Waals surface area (Å²) < 4.78 is 0. The average Bonchev–Trinajstić information content (AvgIpc) is 3.23. The Kier molecular flexibility index (Phi) is 7.56. The minimum Gasteiger partial charge on any atom is -0.344 e. The van der Waals surface area contributed by atoms with E-state index in [4.69, 9.17) is 0 Å². The van der Waals surface area contributed by atoms with Gasteiger partial charge >= 0.3 is 0 Å². The molecular formula is C24H28N2O3. The summed E-state index contributed by atoms with van der Waals surface area (Å²) in [7, 11) is 0. The minimum atomic E-state index is -0.651. The number of amides is 2. The fraction of sp³-hybridized carbons (Fsp3) is 0.375. The third-order valence-electron chi connectivity index (χ3n) is 5.37. The second-order valence-electron chi connectivity index (χ2n) is 7.53. The molecule has 5 heteroatoms. The Balaban J connectivity index is 1.61. The molecule has 1 saturated heterocycles. The smallest absolute Gasteiger partial charge is 0.246 e. The van der Waals surface area contributed by atoms with E-state index in [1.807, 2.05) is 60.7 Å². The lowest BCUT2D eigenvalue weighted by atomic mass is 10.0. The molecule has 2 aromatic rings. The zero-order valence-corrected chi connectivity index (χ0v) is 16.6. The molecule has 0 radical (unpaired) electrons. The molecule has 152 valence electrons. The van der Waals surface area contributed by atoms with Gasteiger partial charge in [-0.1, -0.05) is 60.7 Å². The first-order chi connectivity index (χ1) is 14.2. The summed E-state index contributed by atoms with van der Waals surface area (Å²) in [4.78, 5) is 38.6. The first-order valence-corrected chi connectivity index (χ1v) is 10.3. The van der Waals surface area contributed by atoms with Crippen molar-refractivity contribution < 1.29 is 14.4 Å². The second-order valence-corrected chi connectivity index (χ2v) is 7.53. The summed E-state index contributed by atoms with van der Waals surface area (Å²) >= 11 is 0. The molecule has 0 spiro atoms. The van der Waals surface area contributed by atoms with Crippen molar-refractivity contribution in [3.63, 3.8) is 0 Å². The summed E-state index contributed by atoms with van der Waals surface area (Å²) in [6.45, 7) is 0.567. The van der Waals surface area contributed by atoms with E-state index in [9.17, 15) is 14.4 Å². The van der Waals surface area contributed by atoms with Crippen LogP contribution in [0.1, 0.15) is 36.8 Å². The molecule has 3 rings (SSSR count). The SMILES string of the molecule is O=C[C@@H]1CCCN1C(=O)[C@H](Cc1ccccc1)NC(=O)CCCc1ccccc1. The van der Waals surface area contributed by atoms with Gasteiger partial charge in [0.1, 0.15) is 12.3 Å². The van der Waals surface area contributed by atoms with Crippen LogP contribution in [0.15, 0.2) is 60.7 Å². The molecule has 1 fully saturated rings. The molecule has 0 saturated carbocycles. The molecule has 0 aliphatic carbocycles. The Hall–Kier alpha value is -2.95. The number of rotatable bonds is 9. The van der Waals surface area contributed by atoms with Gasteiger partial charge in [-0.15, -0.1) is 0 Å². The molecular weight excluding hydrogens is 364 g/mol. The van der Waals surface area contributed by atoms with Gasteiger partial charge in [0, 0.05) is 19.4 Å². The molecule has 2 aromatic carbocycles. The molecule has 0 unspecified atom stereocenters. The molecule has 29 heavy (non-hydrogen) atoms. The van der Waals surface area contributed by atoms with Gasteiger partial charge in [-0.25, -0.2) is 0 Å². The van der Waals surface area contributed by atoms with Crippen LogP contribution in [-0.2, 0) is 27.2 Å². The van der Waals surface area contributed by atoms with E-state index in [0.29, 0.717) is 25.8 Å². The molecule has 0 aromatic heterocycles. The summed E-state index contributed by atoms with van der Waals surface area (Å²) in [5, 5.41) is 2.93. The van der Waals surface area contributed by atoms with E-state index in [2.05, 4.69) is 5.32 Å². The van der Waals surface area contributed by atoms with Gasteiger partial charge in [0.25, 0.3) is 0 Å². The number of likely N-dealkylation sites (tertiary alicyclic amines) is 1. The minimum absolute atomic E-state index is 0.128. The fourth-order valence-electron chi connectivity index (χ4n) is 3.82. The van der Waals surface area contributed by atoms with Gasteiger partial charge in [-0.05, 0) is 36.8 Å². The summed E-state index contributed by atoms with van der Waals surface area (Å²) in [5.41, 5.74) is 2.18. The maximum atomic E-state index is 13.1. The highest BCUT2D eigenvalue weighted by Gasteiger charge is 2.33. The Morgan fingerprint density at radius 1 is 1.03 bits per heavy atom. The number of nitrogens with one attached hydrogen (secondary N) is 1. The number of aldehydes is 1. The maximum absolute atomic E-state index is 13.1. The van der Waals surface area contributed by atoms with Gasteiger partial charge in [0.15, 0.2) is 0 Å². The summed E-state index contributed by atoms with van der Waals surface area (Å²) in [6, 6.07) is 18.7. The highest BCUT2D eigenvalue weighted by Crippen LogP contribution is 2.18. The first kappa shape index (κ1) is 20.8. The Bertz CT molecular complexity index is 807. The van der Waals surface area contributed by atoms with E-state index in [-0.39, 0.29) is 17.9 Å². The van der Waals surface area contributed by atoms with E-state index < -0.39 is 6.04 Å². The van der Waals surface area contributed by atoms with Gasteiger partial charge in [0.05, 0.1) is 6.04 Å². The normalized spacial score (nSPS) is 17.0. The third kappa shape index (κ3) is 6.01. The van der Waals surface area contributed by atoms with Crippen LogP contribution in [0.5, 0.6) is 0 Å². The quantitative estimate of drug-likeness (QED) is 0.667. The first-order valence-electron chi connectivity index (χ1n) is 10.3. The van der Waals surface area contributed by atoms with Crippen molar-refractivity contribution in [2.75, 3.05) is 6.54 Å². The van der Waals surface area contributed by atoms with Crippen molar-refractivity contribution in [3.05, 3.63) is 71.8 Å². The molecule has 5 nitrogen and oxygen atoms in total. The molecule has 2 atom stereocenters. The predicted octanol–water partition coefficient (Wildman–Crippen LogP) is 2.93. The fourth-order valence-corrected chi connectivity index (χ4v) is 3.82. The topological polar surface area (TPSA) is 66.5 Å². The summed E-state index contributed by atoms with van der Waals surface area (Å²) in [6.07, 6.45) is 4.69. The van der Waals surface area contributed by atoms with E-state index in [1.165, 1.54) is 5.56 Å². The number of nitrogens with zero attached hydrogens (tertiary/aromatic N) is 1. The number of carbonyl (C=O) groups excluding carboxylic acids is 3. The van der Waals surface area contributed by atoms with E-state index in [1.54, 1.807) is 4.90 Å². The number of carbonyl (C=O) groups is 3. The van der Waals surface area contributed by atoms with Crippen molar-refractivity contribution in [1.29, 1.82) is 0 Å². The van der Waals surface area contributed by atoms with Crippen LogP contribution in [0, 0.1) is 0 Å². The lowest BCUT2D eigenvalue weighted by molar-refractivity contribution is -0.138. The van der Waals surface area contributed by atoms with Gasteiger partial charge < -0.3 is 15.0 Å². The summed E-state index contributed by atoms with van der Waals surface area (Å²) in [5.74, 6) is -0.295. The lowest BCUT2D eigenvalue weighted by Gasteiger charge is -2.27. The largest absolute Gasteiger partial charge is 0.344 e. The molecule has 1 aliphatic rings. The van der Waals surface area contributed by atoms with Gasteiger partial charge in [0.2, 0.25) is 11.8 Å². The van der Waals surface area contributed by atoms with Gasteiger partial charge in [-0.2, -0.15) is 0 Å². The van der Waals surface area contributed by atoms with Gasteiger partial charge in [-0.3, -0.25) is 9.59 Å². The predicted molar refractivity (Wildman–Crippen MR) is 112 cm³/mol. The monoisotopic (exact) mass is 392 g/mol. The molecule has 1 N–H and O–H groups in total. The van der Waals surface area contributed by atoms with Crippen LogP contribution in [0.4, 0.5) is 0 Å². The van der Waals surface area contributed by atoms with Crippen molar-refractivity contribution in [2.24, 2.45) is 0 Å². The third-order valence-corrected chi connectivity index (χ3v) is 5.37. The zero-order chi connectivity index (χ0) is 20.5. The number of aryl methyl sites for hydroxylation is 1. The number of benzene rings is 2. The Morgan fingerprint density at radius 2 is 1.69 bits per heavy atom. The lowest BCUT2D eigenvalue weighted by Crippen LogP contribution is -2.51. The average molecular weight is 392 g/mol. The second kappa shape index (κ2) is 10.6. The van der Waals surface area contributed by atoms with Crippen molar-refractivity contribution in [3.8, 4) is 0 Å². The van der Waals surface area contributed by atoms with Crippen molar-refractivity contribution in [1.82, 2.24) is 10.2 Å². The van der Waals surface area contributed by atoms with Crippen molar-refractivity contribution in [2.45, 2.75) is 50.6 Å². The van der Waals surface area contributed by atoms with E-state index >= 15 is 0 Å².